The Balaban J connectivity index is 3.03. The Bertz CT molecular complexity index is 246. The molecule has 0 bridgehead atoms. The highest BCUT2D eigenvalue weighted by atomic mass is 32.1. The van der Waals surface area contributed by atoms with E-state index in [0.717, 1.165) is 11.3 Å². The van der Waals surface area contributed by atoms with Crippen molar-refractivity contribution in [1.29, 1.82) is 0 Å². The molecule has 1 heterocycles. The van der Waals surface area contributed by atoms with Gasteiger partial charge in [0.2, 0.25) is 5.88 Å². The molecule has 0 saturated carbocycles. The van der Waals surface area contributed by atoms with Crippen LogP contribution in [-0.4, -0.2) is 23.4 Å². The highest BCUT2D eigenvalue weighted by Crippen LogP contribution is 2.25. The minimum Gasteiger partial charge on any atom is -0.492 e. The summed E-state index contributed by atoms with van der Waals surface area (Å²) in [5, 5.41) is 12.1. The van der Waals surface area contributed by atoms with Crippen LogP contribution >= 0.6 is 11.3 Å². The molecular weight excluding hydrogens is 152 g/mol. The number of hydrogen-bond donors (Lipinski definition) is 2. The lowest BCUT2D eigenvalue weighted by Gasteiger charge is -1.84. The van der Waals surface area contributed by atoms with Gasteiger partial charge < -0.3 is 10.4 Å². The van der Waals surface area contributed by atoms with E-state index in [1.807, 2.05) is 0 Å². The Kier molecular flexibility index (Phi) is 1.86. The molecule has 0 aliphatic carbocycles. The molecule has 0 aromatic carbocycles. The first kappa shape index (κ1) is 7.01. The first-order chi connectivity index (χ1) is 4.77. The number of carbonyl (C=O) groups excluding carboxylic acids is 1. The monoisotopic (exact) mass is 158 g/mol. The van der Waals surface area contributed by atoms with Gasteiger partial charge in [-0.05, 0) is 0 Å². The molecule has 5 heteroatoms. The van der Waals surface area contributed by atoms with Crippen LogP contribution in [0.5, 0.6) is 5.88 Å². The Morgan fingerprint density at radius 2 is 2.50 bits per heavy atom. The third kappa shape index (κ3) is 1.08. The quantitative estimate of drug-likeness (QED) is 0.622. The molecule has 0 spiro atoms. The number of rotatable bonds is 2. The molecule has 0 amide bonds. The van der Waals surface area contributed by atoms with Crippen molar-refractivity contribution >= 4 is 22.8 Å². The van der Waals surface area contributed by atoms with Gasteiger partial charge in [0.05, 0.1) is 0 Å². The predicted molar refractivity (Wildman–Crippen MR) is 38.7 cm³/mol. The highest BCUT2D eigenvalue weighted by molar-refractivity contribution is 7.17. The SMILES string of the molecule is CNc1nc(O)c(C=O)s1. The summed E-state index contributed by atoms with van der Waals surface area (Å²) in [6.07, 6.45) is 0.577. The number of thiazole rings is 1. The molecule has 1 rings (SSSR count). The summed E-state index contributed by atoms with van der Waals surface area (Å²) in [5.41, 5.74) is 0. The van der Waals surface area contributed by atoms with Crippen molar-refractivity contribution in [3.63, 3.8) is 0 Å². The number of aldehydes is 1. The van der Waals surface area contributed by atoms with Gasteiger partial charge in [0, 0.05) is 7.05 Å². The van der Waals surface area contributed by atoms with Crippen molar-refractivity contribution in [3.05, 3.63) is 4.88 Å². The van der Waals surface area contributed by atoms with E-state index in [0.29, 0.717) is 11.4 Å². The molecular formula is C5H6N2O2S. The predicted octanol–water partition coefficient (Wildman–Crippen LogP) is 0.703. The molecule has 54 valence electrons. The van der Waals surface area contributed by atoms with E-state index in [-0.39, 0.29) is 10.8 Å². The number of aromatic hydroxyl groups is 1. The smallest absolute Gasteiger partial charge is 0.234 e. The number of anilines is 1. The summed E-state index contributed by atoms with van der Waals surface area (Å²) < 4.78 is 0. The standard InChI is InChI=1S/C5H6N2O2S/c1-6-5-7-4(9)3(2-8)10-5/h2,9H,1H3,(H,6,7). The molecule has 10 heavy (non-hydrogen) atoms. The normalized spacial score (nSPS) is 9.30. The van der Waals surface area contributed by atoms with Crippen molar-refractivity contribution in [2.24, 2.45) is 0 Å². The summed E-state index contributed by atoms with van der Waals surface area (Å²) in [4.78, 5) is 14.0. The summed E-state index contributed by atoms with van der Waals surface area (Å²) in [7, 11) is 1.67. The molecule has 0 saturated heterocycles. The van der Waals surface area contributed by atoms with Crippen LogP contribution in [0.1, 0.15) is 9.67 Å². The molecule has 0 fully saturated rings. The average molecular weight is 158 g/mol. The average Bonchev–Trinajstić information content (AvgIpc) is 2.30. The number of nitrogens with zero attached hydrogens (tertiary/aromatic N) is 1. The summed E-state index contributed by atoms with van der Waals surface area (Å²) >= 11 is 1.12. The fourth-order valence-corrected chi connectivity index (χ4v) is 1.14. The third-order valence-electron chi connectivity index (χ3n) is 0.955. The maximum absolute atomic E-state index is 10.1. The van der Waals surface area contributed by atoms with Gasteiger partial charge in [0.15, 0.2) is 11.4 Å². The fraction of sp³-hybridized carbons (Fsp3) is 0.200. The van der Waals surface area contributed by atoms with Gasteiger partial charge in [0.1, 0.15) is 4.88 Å². The summed E-state index contributed by atoms with van der Waals surface area (Å²) in [5.74, 6) is -0.204. The number of aromatic nitrogens is 1. The van der Waals surface area contributed by atoms with E-state index in [2.05, 4.69) is 10.3 Å². The topological polar surface area (TPSA) is 62.2 Å². The zero-order valence-electron chi connectivity index (χ0n) is 5.29. The van der Waals surface area contributed by atoms with Crippen LogP contribution in [0.25, 0.3) is 0 Å². The second-order valence-corrected chi connectivity index (χ2v) is 2.61. The van der Waals surface area contributed by atoms with Crippen molar-refractivity contribution < 1.29 is 9.90 Å². The first-order valence-electron chi connectivity index (χ1n) is 2.60. The maximum atomic E-state index is 10.1. The molecule has 4 nitrogen and oxygen atoms in total. The van der Waals surface area contributed by atoms with Crippen molar-refractivity contribution in [1.82, 2.24) is 4.98 Å². The second kappa shape index (κ2) is 2.66. The first-order valence-corrected chi connectivity index (χ1v) is 3.42. The Morgan fingerprint density at radius 3 is 2.80 bits per heavy atom. The summed E-state index contributed by atoms with van der Waals surface area (Å²) in [6.45, 7) is 0. The van der Waals surface area contributed by atoms with Gasteiger partial charge in [0.25, 0.3) is 0 Å². The van der Waals surface area contributed by atoms with E-state index in [1.54, 1.807) is 7.05 Å². The highest BCUT2D eigenvalue weighted by Gasteiger charge is 2.06. The van der Waals surface area contributed by atoms with Gasteiger partial charge in [-0.15, -0.1) is 0 Å². The number of carbonyl (C=O) groups is 1. The van der Waals surface area contributed by atoms with E-state index in [4.69, 9.17) is 5.11 Å². The van der Waals surface area contributed by atoms with Crippen molar-refractivity contribution in [2.75, 3.05) is 12.4 Å². The zero-order valence-corrected chi connectivity index (χ0v) is 6.10. The second-order valence-electron chi connectivity index (χ2n) is 1.57. The van der Waals surface area contributed by atoms with E-state index >= 15 is 0 Å². The fourth-order valence-electron chi connectivity index (χ4n) is 0.508. The van der Waals surface area contributed by atoms with Crippen LogP contribution < -0.4 is 5.32 Å². The van der Waals surface area contributed by atoms with E-state index in [9.17, 15) is 4.79 Å². The van der Waals surface area contributed by atoms with Crippen molar-refractivity contribution in [2.45, 2.75) is 0 Å². The number of hydrogen-bond acceptors (Lipinski definition) is 5. The largest absolute Gasteiger partial charge is 0.492 e. The van der Waals surface area contributed by atoms with E-state index in [1.165, 1.54) is 0 Å². The Morgan fingerprint density at radius 1 is 1.80 bits per heavy atom. The third-order valence-corrected chi connectivity index (χ3v) is 1.94. The van der Waals surface area contributed by atoms with Gasteiger partial charge in [-0.2, -0.15) is 4.98 Å². The summed E-state index contributed by atoms with van der Waals surface area (Å²) in [6, 6.07) is 0. The molecule has 0 aliphatic heterocycles. The minimum absolute atomic E-state index is 0.204. The molecule has 1 aromatic heterocycles. The Hall–Kier alpha value is -1.10. The Labute approximate surface area is 61.5 Å². The lowest BCUT2D eigenvalue weighted by molar-refractivity contribution is 0.112. The van der Waals surface area contributed by atoms with E-state index < -0.39 is 0 Å². The van der Waals surface area contributed by atoms with Crippen LogP contribution in [0.15, 0.2) is 0 Å². The molecule has 0 atom stereocenters. The van der Waals surface area contributed by atoms with Gasteiger partial charge in [-0.25, -0.2) is 0 Å². The molecule has 0 aliphatic rings. The maximum Gasteiger partial charge on any atom is 0.234 e. The van der Waals surface area contributed by atoms with Crippen molar-refractivity contribution in [3.8, 4) is 5.88 Å². The van der Waals surface area contributed by atoms with Gasteiger partial charge in [-0.3, -0.25) is 4.79 Å². The van der Waals surface area contributed by atoms with Crippen LogP contribution in [0.4, 0.5) is 5.13 Å². The molecule has 2 N–H and O–H groups in total. The van der Waals surface area contributed by atoms with Crippen LogP contribution in [0.2, 0.25) is 0 Å². The number of nitrogens with one attached hydrogen (secondary N) is 1. The molecule has 0 unspecified atom stereocenters. The van der Waals surface area contributed by atoms with Gasteiger partial charge >= 0.3 is 0 Å². The van der Waals surface area contributed by atoms with Crippen LogP contribution in [0.3, 0.4) is 0 Å². The zero-order chi connectivity index (χ0) is 7.56. The lowest BCUT2D eigenvalue weighted by Crippen LogP contribution is -1.83. The molecule has 1 aromatic rings. The minimum atomic E-state index is -0.204. The van der Waals surface area contributed by atoms with Crippen LogP contribution in [0, 0.1) is 0 Å². The van der Waals surface area contributed by atoms with Crippen LogP contribution in [-0.2, 0) is 0 Å². The lowest BCUT2D eigenvalue weighted by atomic mass is 10.6. The van der Waals surface area contributed by atoms with Gasteiger partial charge in [-0.1, -0.05) is 11.3 Å². The molecule has 0 radical (unpaired) electrons.